The Hall–Kier alpha value is -0.650. The number of carbonyl (C=O) groups is 1. The smallest absolute Gasteiger partial charge is 0.186 e. The fourth-order valence-electron chi connectivity index (χ4n) is 1.71. The van der Waals surface area contributed by atoms with E-state index in [0.29, 0.717) is 5.25 Å². The fourth-order valence-corrected chi connectivity index (χ4v) is 3.25. The normalized spacial score (nSPS) is 23.6. The van der Waals surface area contributed by atoms with Gasteiger partial charge in [0, 0.05) is 30.3 Å². The number of hydrogen-bond acceptors (Lipinski definition) is 5. The van der Waals surface area contributed by atoms with Gasteiger partial charge in [-0.15, -0.1) is 11.3 Å². The van der Waals surface area contributed by atoms with Crippen LogP contribution in [0, 0.1) is 0 Å². The van der Waals surface area contributed by atoms with E-state index in [1.54, 1.807) is 24.5 Å². The van der Waals surface area contributed by atoms with Gasteiger partial charge in [-0.2, -0.15) is 0 Å². The Morgan fingerprint density at radius 2 is 2.62 bits per heavy atom. The van der Waals surface area contributed by atoms with Crippen LogP contribution in [-0.4, -0.2) is 28.4 Å². The Balaban J connectivity index is 2.12. The van der Waals surface area contributed by atoms with Crippen LogP contribution in [0.3, 0.4) is 0 Å². The number of nitrogens with zero attached hydrogens (tertiary/aromatic N) is 1. The Bertz CT molecular complexity index is 387. The number of hydrogen-bond donors (Lipinski definition) is 1. The summed E-state index contributed by atoms with van der Waals surface area (Å²) in [6.07, 6.45) is 4.93. The van der Waals surface area contributed by atoms with E-state index in [9.17, 15) is 4.79 Å². The zero-order valence-corrected chi connectivity index (χ0v) is 10.7. The van der Waals surface area contributed by atoms with Gasteiger partial charge in [0.25, 0.3) is 0 Å². The van der Waals surface area contributed by atoms with Crippen molar-refractivity contribution in [3.63, 3.8) is 0 Å². The van der Waals surface area contributed by atoms with Crippen LogP contribution in [0.15, 0.2) is 17.2 Å². The largest absolute Gasteiger partial charge is 0.313 e. The predicted octanol–water partition coefficient (Wildman–Crippen LogP) is 2.17. The quantitative estimate of drug-likeness (QED) is 0.878. The summed E-state index contributed by atoms with van der Waals surface area (Å²) in [6, 6.07) is 0. The van der Waals surface area contributed by atoms with Crippen LogP contribution in [0.2, 0.25) is 0 Å². The van der Waals surface area contributed by atoms with E-state index in [4.69, 9.17) is 0 Å². The number of thioether (sulfide) groups is 1. The summed E-state index contributed by atoms with van der Waals surface area (Å²) in [5, 5.41) is 6.84. The minimum absolute atomic E-state index is 0.192. The van der Waals surface area contributed by atoms with Gasteiger partial charge in [0.1, 0.15) is 5.01 Å². The van der Waals surface area contributed by atoms with E-state index < -0.39 is 0 Å². The number of aromatic nitrogens is 1. The second kappa shape index (κ2) is 5.61. The highest BCUT2D eigenvalue weighted by Gasteiger charge is 2.20. The fraction of sp³-hybridized carbons (Fsp3) is 0.455. The second-order valence-electron chi connectivity index (χ2n) is 3.65. The molecule has 0 spiro atoms. The summed E-state index contributed by atoms with van der Waals surface area (Å²) in [7, 11) is 0. The minimum Gasteiger partial charge on any atom is -0.313 e. The Labute approximate surface area is 103 Å². The van der Waals surface area contributed by atoms with Crippen molar-refractivity contribution in [3.8, 4) is 0 Å². The van der Waals surface area contributed by atoms with E-state index in [1.165, 1.54) is 17.3 Å². The van der Waals surface area contributed by atoms with E-state index in [1.807, 2.05) is 5.38 Å². The van der Waals surface area contributed by atoms with E-state index in [-0.39, 0.29) is 5.12 Å². The third-order valence-electron chi connectivity index (χ3n) is 2.39. The zero-order valence-electron chi connectivity index (χ0n) is 9.10. The monoisotopic (exact) mass is 254 g/mol. The molecule has 0 bridgehead atoms. The lowest BCUT2D eigenvalue weighted by Crippen LogP contribution is -2.32. The molecule has 1 fully saturated rings. The minimum atomic E-state index is 0.192. The Kier molecular flexibility index (Phi) is 4.15. The molecule has 86 valence electrons. The van der Waals surface area contributed by atoms with Crippen molar-refractivity contribution < 1.29 is 4.79 Å². The molecule has 1 aromatic heterocycles. The molecule has 0 aliphatic carbocycles. The molecule has 3 nitrogen and oxygen atoms in total. The first-order valence-corrected chi connectivity index (χ1v) is 6.99. The number of piperidine rings is 1. The molecule has 1 saturated heterocycles. The lowest BCUT2D eigenvalue weighted by Gasteiger charge is -2.24. The van der Waals surface area contributed by atoms with Gasteiger partial charge in [-0.25, -0.2) is 4.98 Å². The third kappa shape index (κ3) is 3.17. The molecule has 0 aromatic carbocycles. The van der Waals surface area contributed by atoms with Gasteiger partial charge < -0.3 is 5.32 Å². The summed E-state index contributed by atoms with van der Waals surface area (Å²) >= 11 is 3.06. The molecule has 2 heterocycles. The van der Waals surface area contributed by atoms with Crippen molar-refractivity contribution in [1.29, 1.82) is 0 Å². The summed E-state index contributed by atoms with van der Waals surface area (Å²) in [6.45, 7) is 3.48. The van der Waals surface area contributed by atoms with Crippen LogP contribution in [-0.2, 0) is 4.79 Å². The van der Waals surface area contributed by atoms with Crippen LogP contribution >= 0.6 is 23.1 Å². The molecule has 0 radical (unpaired) electrons. The molecule has 1 aromatic rings. The molecule has 1 atom stereocenters. The van der Waals surface area contributed by atoms with Crippen molar-refractivity contribution in [2.75, 3.05) is 13.1 Å². The highest BCUT2D eigenvalue weighted by molar-refractivity contribution is 8.14. The van der Waals surface area contributed by atoms with E-state index >= 15 is 0 Å². The molecular formula is C11H14N2OS2. The maximum absolute atomic E-state index is 11.2. The summed E-state index contributed by atoms with van der Waals surface area (Å²) in [4.78, 5) is 15.4. The Morgan fingerprint density at radius 1 is 1.75 bits per heavy atom. The molecule has 0 amide bonds. The van der Waals surface area contributed by atoms with Crippen molar-refractivity contribution in [2.24, 2.45) is 0 Å². The third-order valence-corrected chi connectivity index (χ3v) is 4.27. The Morgan fingerprint density at radius 3 is 3.31 bits per heavy atom. The molecule has 16 heavy (non-hydrogen) atoms. The number of rotatable bonds is 2. The molecule has 5 heteroatoms. The van der Waals surface area contributed by atoms with Gasteiger partial charge in [-0.1, -0.05) is 11.8 Å². The van der Waals surface area contributed by atoms with Crippen LogP contribution in [0.1, 0.15) is 18.4 Å². The van der Waals surface area contributed by atoms with Crippen LogP contribution in [0.4, 0.5) is 0 Å². The van der Waals surface area contributed by atoms with Crippen molar-refractivity contribution >= 4 is 34.3 Å². The molecule has 2 rings (SSSR count). The van der Waals surface area contributed by atoms with Crippen LogP contribution in [0.25, 0.3) is 6.08 Å². The summed E-state index contributed by atoms with van der Waals surface area (Å²) in [5.74, 6) is 0. The van der Waals surface area contributed by atoms with Gasteiger partial charge in [0.15, 0.2) is 5.12 Å². The van der Waals surface area contributed by atoms with Gasteiger partial charge in [-0.3, -0.25) is 4.79 Å². The lowest BCUT2D eigenvalue weighted by atomic mass is 10.1. The standard InChI is InChI=1S/C11H14N2OS2/c1-8(14)16-10-2-3-12-7-9(10)6-11-13-4-5-15-11/h4-6,10,12H,2-3,7H2,1H3/b9-6-. The predicted molar refractivity (Wildman–Crippen MR) is 69.6 cm³/mol. The highest BCUT2D eigenvalue weighted by atomic mass is 32.2. The topological polar surface area (TPSA) is 42.0 Å². The van der Waals surface area contributed by atoms with Crippen molar-refractivity contribution in [1.82, 2.24) is 10.3 Å². The molecule has 1 unspecified atom stereocenters. The average Bonchev–Trinajstić information content (AvgIpc) is 2.73. The maximum Gasteiger partial charge on any atom is 0.186 e. The van der Waals surface area contributed by atoms with E-state index in [2.05, 4.69) is 16.4 Å². The van der Waals surface area contributed by atoms with Crippen LogP contribution in [0.5, 0.6) is 0 Å². The summed E-state index contributed by atoms with van der Waals surface area (Å²) < 4.78 is 0. The van der Waals surface area contributed by atoms with Crippen LogP contribution < -0.4 is 5.32 Å². The first kappa shape index (κ1) is 11.8. The molecule has 0 saturated carbocycles. The maximum atomic E-state index is 11.2. The van der Waals surface area contributed by atoms with Crippen molar-refractivity contribution in [3.05, 3.63) is 22.2 Å². The first-order valence-electron chi connectivity index (χ1n) is 5.23. The highest BCUT2D eigenvalue weighted by Crippen LogP contribution is 2.27. The average molecular weight is 254 g/mol. The van der Waals surface area contributed by atoms with Gasteiger partial charge in [0.05, 0.1) is 0 Å². The van der Waals surface area contributed by atoms with Gasteiger partial charge in [-0.05, 0) is 24.6 Å². The number of carbonyl (C=O) groups excluding carboxylic acids is 1. The summed E-state index contributed by atoms with van der Waals surface area (Å²) in [5.41, 5.74) is 1.28. The second-order valence-corrected chi connectivity index (χ2v) is 5.96. The molecule has 1 aliphatic rings. The molecule has 1 N–H and O–H groups in total. The molecule has 1 aliphatic heterocycles. The first-order chi connectivity index (χ1) is 7.75. The van der Waals surface area contributed by atoms with Gasteiger partial charge in [0.2, 0.25) is 0 Å². The number of thiazole rings is 1. The zero-order chi connectivity index (χ0) is 11.4. The SMILES string of the molecule is CC(=O)SC1CCNC/C1=C/c1nccs1. The van der Waals surface area contributed by atoms with Gasteiger partial charge >= 0.3 is 0 Å². The van der Waals surface area contributed by atoms with E-state index in [0.717, 1.165) is 24.5 Å². The lowest BCUT2D eigenvalue weighted by molar-refractivity contribution is -0.109. The number of nitrogens with one attached hydrogen (secondary N) is 1. The van der Waals surface area contributed by atoms with Crippen molar-refractivity contribution in [2.45, 2.75) is 18.6 Å². The molecular weight excluding hydrogens is 240 g/mol.